The number of nitrogens with zero attached hydrogens (tertiary/aromatic N) is 3. The maximum atomic E-state index is 9.59. The van der Waals surface area contributed by atoms with E-state index in [1.165, 1.54) is 0 Å². The summed E-state index contributed by atoms with van der Waals surface area (Å²) >= 11 is 5.97. The van der Waals surface area contributed by atoms with Gasteiger partial charge < -0.3 is 9.67 Å². The Kier molecular flexibility index (Phi) is 3.06. The Hall–Kier alpha value is -1.39. The third-order valence-electron chi connectivity index (χ3n) is 3.26. The molecule has 2 aromatic rings. The van der Waals surface area contributed by atoms with Crippen LogP contribution in [0.3, 0.4) is 0 Å². The van der Waals surface area contributed by atoms with Crippen LogP contribution in [0.2, 0.25) is 5.02 Å². The topological polar surface area (TPSA) is 50.9 Å². The van der Waals surface area contributed by atoms with E-state index in [1.807, 2.05) is 24.3 Å². The molecule has 0 bridgehead atoms. The predicted molar refractivity (Wildman–Crippen MR) is 68.6 cm³/mol. The summed E-state index contributed by atoms with van der Waals surface area (Å²) in [5.74, 6) is 1.82. The van der Waals surface area contributed by atoms with Gasteiger partial charge in [0.1, 0.15) is 11.6 Å². The molecule has 1 aromatic heterocycles. The van der Waals surface area contributed by atoms with Crippen molar-refractivity contribution in [1.82, 2.24) is 14.8 Å². The Balaban J connectivity index is 1.86. The fraction of sp³-hybridized carbons (Fsp3) is 0.385. The molecule has 2 heterocycles. The molecule has 0 saturated heterocycles. The monoisotopic (exact) mass is 263 g/mol. The van der Waals surface area contributed by atoms with Gasteiger partial charge in [0.15, 0.2) is 0 Å². The van der Waals surface area contributed by atoms with E-state index in [2.05, 4.69) is 14.8 Å². The van der Waals surface area contributed by atoms with Crippen molar-refractivity contribution in [2.75, 3.05) is 0 Å². The molecule has 5 heteroatoms. The third kappa shape index (κ3) is 2.26. The molecule has 1 unspecified atom stereocenters. The Morgan fingerprint density at radius 3 is 3.11 bits per heavy atom. The maximum Gasteiger partial charge on any atom is 0.137 e. The van der Waals surface area contributed by atoms with E-state index in [4.69, 9.17) is 11.6 Å². The van der Waals surface area contributed by atoms with Crippen LogP contribution in [0.1, 0.15) is 23.6 Å². The van der Waals surface area contributed by atoms with Crippen molar-refractivity contribution in [1.29, 1.82) is 0 Å². The SMILES string of the molecule is OC1CCn2c(Cc3cccc(Cl)c3)nnc2C1. The van der Waals surface area contributed by atoms with Crippen LogP contribution in [-0.4, -0.2) is 26.0 Å². The normalized spacial score (nSPS) is 18.7. The third-order valence-corrected chi connectivity index (χ3v) is 3.49. The number of aliphatic hydroxyl groups excluding tert-OH is 1. The van der Waals surface area contributed by atoms with Crippen molar-refractivity contribution in [3.8, 4) is 0 Å². The number of rotatable bonds is 2. The molecule has 0 saturated carbocycles. The number of aromatic nitrogens is 3. The van der Waals surface area contributed by atoms with Gasteiger partial charge in [-0.15, -0.1) is 10.2 Å². The summed E-state index contributed by atoms with van der Waals surface area (Å²) in [5, 5.41) is 18.7. The van der Waals surface area contributed by atoms with Gasteiger partial charge in [0.2, 0.25) is 0 Å². The molecule has 1 aromatic carbocycles. The van der Waals surface area contributed by atoms with Crippen molar-refractivity contribution in [2.24, 2.45) is 0 Å². The van der Waals surface area contributed by atoms with Crippen LogP contribution >= 0.6 is 11.6 Å². The molecule has 18 heavy (non-hydrogen) atoms. The van der Waals surface area contributed by atoms with E-state index in [1.54, 1.807) is 0 Å². The summed E-state index contributed by atoms with van der Waals surface area (Å²) in [4.78, 5) is 0. The molecule has 4 nitrogen and oxygen atoms in total. The van der Waals surface area contributed by atoms with Gasteiger partial charge in [-0.25, -0.2) is 0 Å². The Morgan fingerprint density at radius 2 is 2.28 bits per heavy atom. The van der Waals surface area contributed by atoms with E-state index in [0.29, 0.717) is 6.42 Å². The Morgan fingerprint density at radius 1 is 1.39 bits per heavy atom. The molecule has 1 aliphatic rings. The summed E-state index contributed by atoms with van der Waals surface area (Å²) < 4.78 is 2.10. The van der Waals surface area contributed by atoms with Gasteiger partial charge in [0, 0.05) is 24.4 Å². The number of halogens is 1. The molecule has 1 atom stereocenters. The molecule has 0 aliphatic carbocycles. The second-order valence-corrected chi connectivity index (χ2v) is 5.07. The highest BCUT2D eigenvalue weighted by Gasteiger charge is 2.21. The van der Waals surface area contributed by atoms with E-state index in [-0.39, 0.29) is 6.10 Å². The zero-order valence-electron chi connectivity index (χ0n) is 9.88. The first-order valence-corrected chi connectivity index (χ1v) is 6.43. The lowest BCUT2D eigenvalue weighted by Crippen LogP contribution is -2.24. The molecule has 94 valence electrons. The molecule has 0 radical (unpaired) electrons. The zero-order valence-corrected chi connectivity index (χ0v) is 10.6. The first kappa shape index (κ1) is 11.7. The van der Waals surface area contributed by atoms with Crippen molar-refractivity contribution in [3.05, 3.63) is 46.5 Å². The highest BCUT2D eigenvalue weighted by Crippen LogP contribution is 2.18. The van der Waals surface area contributed by atoms with Gasteiger partial charge in [-0.3, -0.25) is 0 Å². The summed E-state index contributed by atoms with van der Waals surface area (Å²) in [7, 11) is 0. The number of hydrogen-bond donors (Lipinski definition) is 1. The van der Waals surface area contributed by atoms with Crippen LogP contribution in [-0.2, 0) is 19.4 Å². The van der Waals surface area contributed by atoms with Crippen LogP contribution in [0.25, 0.3) is 0 Å². The number of benzene rings is 1. The average Bonchev–Trinajstić information content (AvgIpc) is 2.72. The summed E-state index contributed by atoms with van der Waals surface area (Å²) in [6.07, 6.45) is 1.82. The zero-order chi connectivity index (χ0) is 12.5. The Bertz CT molecular complexity index is 567. The van der Waals surface area contributed by atoms with Crippen LogP contribution in [0, 0.1) is 0 Å². The van der Waals surface area contributed by atoms with Crippen LogP contribution < -0.4 is 0 Å². The van der Waals surface area contributed by atoms with Crippen molar-refractivity contribution < 1.29 is 5.11 Å². The Labute approximate surface area is 110 Å². The predicted octanol–water partition coefficient (Wildman–Crippen LogP) is 1.83. The number of fused-ring (bicyclic) bond motifs is 1. The standard InChI is InChI=1S/C13H14ClN3O/c14-10-3-1-2-9(6-10)7-12-15-16-13-8-11(18)4-5-17(12)13/h1-3,6,11,18H,4-5,7-8H2. The smallest absolute Gasteiger partial charge is 0.137 e. The van der Waals surface area contributed by atoms with Crippen LogP contribution in [0.5, 0.6) is 0 Å². The van der Waals surface area contributed by atoms with Crippen molar-refractivity contribution in [3.63, 3.8) is 0 Å². The first-order valence-electron chi connectivity index (χ1n) is 6.06. The largest absolute Gasteiger partial charge is 0.393 e. The van der Waals surface area contributed by atoms with Crippen LogP contribution in [0.15, 0.2) is 24.3 Å². The minimum absolute atomic E-state index is 0.277. The lowest BCUT2D eigenvalue weighted by Gasteiger charge is -2.19. The minimum atomic E-state index is -0.277. The van der Waals surface area contributed by atoms with E-state index >= 15 is 0 Å². The van der Waals surface area contributed by atoms with Crippen molar-refractivity contribution >= 4 is 11.6 Å². The highest BCUT2D eigenvalue weighted by atomic mass is 35.5. The molecule has 0 amide bonds. The number of hydrogen-bond acceptors (Lipinski definition) is 3. The summed E-state index contributed by atoms with van der Waals surface area (Å²) in [5.41, 5.74) is 1.13. The lowest BCUT2D eigenvalue weighted by molar-refractivity contribution is 0.141. The first-order chi connectivity index (χ1) is 8.72. The molecule has 1 aliphatic heterocycles. The maximum absolute atomic E-state index is 9.59. The average molecular weight is 264 g/mol. The van der Waals surface area contributed by atoms with Crippen molar-refractivity contribution in [2.45, 2.75) is 31.9 Å². The minimum Gasteiger partial charge on any atom is -0.393 e. The van der Waals surface area contributed by atoms with Crippen LogP contribution in [0.4, 0.5) is 0 Å². The van der Waals surface area contributed by atoms with Gasteiger partial charge in [0.25, 0.3) is 0 Å². The second kappa shape index (κ2) is 4.71. The van der Waals surface area contributed by atoms with E-state index < -0.39 is 0 Å². The lowest BCUT2D eigenvalue weighted by atomic mass is 10.1. The second-order valence-electron chi connectivity index (χ2n) is 4.64. The number of aliphatic hydroxyl groups is 1. The fourth-order valence-corrected chi connectivity index (χ4v) is 2.55. The summed E-state index contributed by atoms with van der Waals surface area (Å²) in [6, 6.07) is 7.78. The van der Waals surface area contributed by atoms with E-state index in [9.17, 15) is 5.11 Å². The van der Waals surface area contributed by atoms with E-state index in [0.717, 1.165) is 41.6 Å². The highest BCUT2D eigenvalue weighted by molar-refractivity contribution is 6.30. The fourth-order valence-electron chi connectivity index (χ4n) is 2.33. The molecule has 1 N–H and O–H groups in total. The molecular formula is C13H14ClN3O. The quantitative estimate of drug-likeness (QED) is 0.899. The summed E-state index contributed by atoms with van der Waals surface area (Å²) in [6.45, 7) is 0.791. The molecule has 0 spiro atoms. The van der Waals surface area contributed by atoms with Gasteiger partial charge in [-0.2, -0.15) is 0 Å². The molecule has 3 rings (SSSR count). The molecule has 0 fully saturated rings. The molecular weight excluding hydrogens is 250 g/mol. The van der Waals surface area contributed by atoms with Gasteiger partial charge in [-0.1, -0.05) is 23.7 Å². The van der Waals surface area contributed by atoms with Gasteiger partial charge in [0.05, 0.1) is 6.10 Å². The van der Waals surface area contributed by atoms with Gasteiger partial charge >= 0.3 is 0 Å². The van der Waals surface area contributed by atoms with Gasteiger partial charge in [-0.05, 0) is 24.1 Å².